The van der Waals surface area contributed by atoms with Gasteiger partial charge in [0.15, 0.2) is 0 Å². The van der Waals surface area contributed by atoms with Gasteiger partial charge in [0.05, 0.1) is 6.61 Å². The molecular formula is C10H14O2. The highest BCUT2D eigenvalue weighted by Crippen LogP contribution is 2.24. The van der Waals surface area contributed by atoms with Crippen molar-refractivity contribution in [3.63, 3.8) is 0 Å². The van der Waals surface area contributed by atoms with Gasteiger partial charge >= 0.3 is 0 Å². The summed E-state index contributed by atoms with van der Waals surface area (Å²) in [4.78, 5) is 0. The fraction of sp³-hybridized carbons (Fsp3) is 0.400. The van der Waals surface area contributed by atoms with Crippen molar-refractivity contribution in [2.45, 2.75) is 26.9 Å². The Morgan fingerprint density at radius 2 is 2.00 bits per heavy atom. The van der Waals surface area contributed by atoms with Crippen LogP contribution in [0.2, 0.25) is 0 Å². The molecule has 2 N–H and O–H groups in total. The largest absolute Gasteiger partial charge is 0.508 e. The van der Waals surface area contributed by atoms with Crippen LogP contribution in [0.3, 0.4) is 0 Å². The van der Waals surface area contributed by atoms with Gasteiger partial charge in [0.1, 0.15) is 5.75 Å². The molecule has 0 bridgehead atoms. The first-order chi connectivity index (χ1) is 5.70. The molecule has 0 saturated heterocycles. The van der Waals surface area contributed by atoms with Crippen LogP contribution in [0.1, 0.15) is 23.6 Å². The molecule has 0 radical (unpaired) electrons. The fourth-order valence-corrected chi connectivity index (χ4v) is 1.41. The third-order valence-corrected chi connectivity index (χ3v) is 2.21. The SMILES string of the molecule is CCc1c(O)ccc(CO)c1C. The monoisotopic (exact) mass is 166 g/mol. The second-order valence-electron chi connectivity index (χ2n) is 2.86. The number of hydrogen-bond donors (Lipinski definition) is 2. The molecule has 2 nitrogen and oxygen atoms in total. The number of aliphatic hydroxyl groups excluding tert-OH is 1. The summed E-state index contributed by atoms with van der Waals surface area (Å²) in [6, 6.07) is 3.39. The first-order valence-corrected chi connectivity index (χ1v) is 4.11. The Bertz CT molecular complexity index is 279. The van der Waals surface area contributed by atoms with Crippen molar-refractivity contribution in [2.24, 2.45) is 0 Å². The fourth-order valence-electron chi connectivity index (χ4n) is 1.41. The highest BCUT2D eigenvalue weighted by atomic mass is 16.3. The van der Waals surface area contributed by atoms with Gasteiger partial charge in [-0.1, -0.05) is 13.0 Å². The lowest BCUT2D eigenvalue weighted by molar-refractivity contribution is 0.280. The normalized spacial score (nSPS) is 10.2. The van der Waals surface area contributed by atoms with E-state index in [9.17, 15) is 5.11 Å². The molecule has 2 heteroatoms. The Labute approximate surface area is 72.5 Å². The van der Waals surface area contributed by atoms with Crippen LogP contribution in [0.25, 0.3) is 0 Å². The lowest BCUT2D eigenvalue weighted by Gasteiger charge is -2.09. The van der Waals surface area contributed by atoms with Crippen molar-refractivity contribution in [3.8, 4) is 5.75 Å². The molecule has 1 aromatic rings. The maximum Gasteiger partial charge on any atom is 0.119 e. The molecule has 0 spiro atoms. The van der Waals surface area contributed by atoms with Gasteiger partial charge in [0.25, 0.3) is 0 Å². The molecule has 0 heterocycles. The van der Waals surface area contributed by atoms with Crippen LogP contribution >= 0.6 is 0 Å². The Morgan fingerprint density at radius 3 is 2.50 bits per heavy atom. The Hall–Kier alpha value is -1.02. The third kappa shape index (κ3) is 1.43. The van der Waals surface area contributed by atoms with Gasteiger partial charge in [-0.2, -0.15) is 0 Å². The molecule has 0 atom stereocenters. The van der Waals surface area contributed by atoms with Gasteiger partial charge in [-0.15, -0.1) is 0 Å². The summed E-state index contributed by atoms with van der Waals surface area (Å²) in [7, 11) is 0. The van der Waals surface area contributed by atoms with Crippen LogP contribution in [-0.4, -0.2) is 10.2 Å². The molecule has 0 aliphatic carbocycles. The molecule has 1 rings (SSSR count). The van der Waals surface area contributed by atoms with Crippen molar-refractivity contribution >= 4 is 0 Å². The number of hydrogen-bond acceptors (Lipinski definition) is 2. The van der Waals surface area contributed by atoms with Crippen molar-refractivity contribution in [1.82, 2.24) is 0 Å². The quantitative estimate of drug-likeness (QED) is 0.702. The summed E-state index contributed by atoms with van der Waals surface area (Å²) in [5.74, 6) is 0.326. The maximum atomic E-state index is 9.43. The minimum Gasteiger partial charge on any atom is -0.508 e. The average molecular weight is 166 g/mol. The lowest BCUT2D eigenvalue weighted by atomic mass is 10.00. The lowest BCUT2D eigenvalue weighted by Crippen LogP contribution is -1.94. The van der Waals surface area contributed by atoms with Crippen LogP contribution in [0.5, 0.6) is 5.75 Å². The zero-order valence-corrected chi connectivity index (χ0v) is 7.46. The molecule has 0 amide bonds. The zero-order chi connectivity index (χ0) is 9.14. The van der Waals surface area contributed by atoms with E-state index in [0.717, 1.165) is 23.1 Å². The summed E-state index contributed by atoms with van der Waals surface area (Å²) in [6.07, 6.45) is 0.797. The van der Waals surface area contributed by atoms with E-state index in [2.05, 4.69) is 0 Å². The first-order valence-electron chi connectivity index (χ1n) is 4.11. The molecule has 0 aliphatic heterocycles. The van der Waals surface area contributed by atoms with Gasteiger partial charge in [0.2, 0.25) is 0 Å². The average Bonchev–Trinajstić information content (AvgIpc) is 2.06. The Balaban J connectivity index is 3.24. The van der Waals surface area contributed by atoms with Crippen LogP contribution in [0.15, 0.2) is 12.1 Å². The molecule has 0 saturated carbocycles. The van der Waals surface area contributed by atoms with Crippen LogP contribution < -0.4 is 0 Å². The minimum absolute atomic E-state index is 0.0408. The smallest absolute Gasteiger partial charge is 0.119 e. The highest BCUT2D eigenvalue weighted by Gasteiger charge is 2.05. The van der Waals surface area contributed by atoms with E-state index in [4.69, 9.17) is 5.11 Å². The van der Waals surface area contributed by atoms with Gasteiger partial charge in [-0.05, 0) is 36.1 Å². The predicted octanol–water partition coefficient (Wildman–Crippen LogP) is 1.76. The number of rotatable bonds is 2. The van der Waals surface area contributed by atoms with E-state index in [1.54, 1.807) is 12.1 Å². The summed E-state index contributed by atoms with van der Waals surface area (Å²) in [6.45, 7) is 3.95. The molecule has 0 aromatic heterocycles. The Morgan fingerprint density at radius 1 is 1.33 bits per heavy atom. The van der Waals surface area contributed by atoms with E-state index < -0.39 is 0 Å². The molecule has 66 valence electrons. The van der Waals surface area contributed by atoms with E-state index in [0.29, 0.717) is 5.75 Å². The number of benzene rings is 1. The third-order valence-electron chi connectivity index (χ3n) is 2.21. The van der Waals surface area contributed by atoms with Gasteiger partial charge < -0.3 is 10.2 Å². The van der Waals surface area contributed by atoms with Crippen LogP contribution in [0, 0.1) is 6.92 Å². The van der Waals surface area contributed by atoms with Crippen molar-refractivity contribution in [3.05, 3.63) is 28.8 Å². The summed E-state index contributed by atoms with van der Waals surface area (Å²) in [5, 5.41) is 18.4. The number of aliphatic hydroxyl groups is 1. The summed E-state index contributed by atoms with van der Waals surface area (Å²) < 4.78 is 0. The highest BCUT2D eigenvalue weighted by molar-refractivity contribution is 5.43. The minimum atomic E-state index is 0.0408. The van der Waals surface area contributed by atoms with E-state index in [-0.39, 0.29) is 6.61 Å². The predicted molar refractivity (Wildman–Crippen MR) is 48.1 cm³/mol. The molecule has 1 aromatic carbocycles. The summed E-state index contributed by atoms with van der Waals surface area (Å²) in [5.41, 5.74) is 2.83. The molecular weight excluding hydrogens is 152 g/mol. The standard InChI is InChI=1S/C10H14O2/c1-3-9-7(2)8(6-11)4-5-10(9)12/h4-5,11-12H,3,6H2,1-2H3. The van der Waals surface area contributed by atoms with Crippen molar-refractivity contribution in [1.29, 1.82) is 0 Å². The first kappa shape index (κ1) is 9.07. The topological polar surface area (TPSA) is 40.5 Å². The molecule has 0 unspecified atom stereocenters. The summed E-state index contributed by atoms with van der Waals surface area (Å²) >= 11 is 0. The van der Waals surface area contributed by atoms with Gasteiger partial charge in [-0.3, -0.25) is 0 Å². The second-order valence-corrected chi connectivity index (χ2v) is 2.86. The zero-order valence-electron chi connectivity index (χ0n) is 7.46. The number of aromatic hydroxyl groups is 1. The maximum absolute atomic E-state index is 9.43. The van der Waals surface area contributed by atoms with Gasteiger partial charge in [-0.25, -0.2) is 0 Å². The Kier molecular flexibility index (Phi) is 2.71. The van der Waals surface area contributed by atoms with Crippen LogP contribution in [-0.2, 0) is 13.0 Å². The number of phenolic OH excluding ortho intramolecular Hbond substituents is 1. The van der Waals surface area contributed by atoms with E-state index in [1.165, 1.54) is 0 Å². The van der Waals surface area contributed by atoms with Gasteiger partial charge in [0, 0.05) is 0 Å². The molecule has 0 fully saturated rings. The molecule has 0 aliphatic rings. The van der Waals surface area contributed by atoms with E-state index >= 15 is 0 Å². The second kappa shape index (κ2) is 3.59. The van der Waals surface area contributed by atoms with E-state index in [1.807, 2.05) is 13.8 Å². The number of phenols is 1. The van der Waals surface area contributed by atoms with Crippen molar-refractivity contribution in [2.75, 3.05) is 0 Å². The van der Waals surface area contributed by atoms with Crippen molar-refractivity contribution < 1.29 is 10.2 Å². The molecule has 12 heavy (non-hydrogen) atoms. The van der Waals surface area contributed by atoms with Crippen LogP contribution in [0.4, 0.5) is 0 Å².